The van der Waals surface area contributed by atoms with E-state index >= 15 is 0 Å². The first kappa shape index (κ1) is 22.0. The Kier molecular flexibility index (Phi) is 6.59. The van der Waals surface area contributed by atoms with Crippen LogP contribution in [0.4, 0.5) is 0 Å². The van der Waals surface area contributed by atoms with Gasteiger partial charge in [0.25, 0.3) is 0 Å². The summed E-state index contributed by atoms with van der Waals surface area (Å²) in [5.74, 6) is 1.19. The third-order valence-electron chi connectivity index (χ3n) is 4.95. The summed E-state index contributed by atoms with van der Waals surface area (Å²) in [5, 5.41) is 17.9. The first-order valence-electron chi connectivity index (χ1n) is 10.5. The summed E-state index contributed by atoms with van der Waals surface area (Å²) >= 11 is 0. The number of phenols is 1. The van der Waals surface area contributed by atoms with Gasteiger partial charge in [-0.25, -0.2) is 4.79 Å². The van der Waals surface area contributed by atoms with Gasteiger partial charge in [-0.3, -0.25) is 5.10 Å². The Hall–Kier alpha value is -4.26. The fourth-order valence-corrected chi connectivity index (χ4v) is 3.26. The van der Waals surface area contributed by atoms with Crippen molar-refractivity contribution in [2.75, 3.05) is 6.61 Å². The molecule has 0 fully saturated rings. The summed E-state index contributed by atoms with van der Waals surface area (Å²) in [6.45, 7) is 4.30. The molecule has 0 radical (unpaired) electrons. The lowest BCUT2D eigenvalue weighted by molar-refractivity contribution is 0.0526. The van der Waals surface area contributed by atoms with Gasteiger partial charge < -0.3 is 19.3 Å². The van der Waals surface area contributed by atoms with Crippen LogP contribution in [0.5, 0.6) is 23.0 Å². The monoisotopic (exact) mass is 444 g/mol. The number of aromatic amines is 1. The van der Waals surface area contributed by atoms with Crippen molar-refractivity contribution in [3.05, 3.63) is 89.6 Å². The molecular weight excluding hydrogens is 420 g/mol. The molecule has 3 aromatic carbocycles. The molecular formula is C26H24N2O5. The van der Waals surface area contributed by atoms with Gasteiger partial charge in [0.2, 0.25) is 0 Å². The van der Waals surface area contributed by atoms with E-state index in [1.54, 1.807) is 49.4 Å². The molecule has 0 aliphatic carbocycles. The number of carbonyl (C=O) groups excluding carboxylic acids is 1. The maximum atomic E-state index is 11.8. The van der Waals surface area contributed by atoms with E-state index in [-0.39, 0.29) is 11.7 Å². The van der Waals surface area contributed by atoms with Gasteiger partial charge in [-0.2, -0.15) is 5.10 Å². The second-order valence-electron chi connectivity index (χ2n) is 7.33. The Labute approximate surface area is 191 Å². The molecule has 0 bridgehead atoms. The summed E-state index contributed by atoms with van der Waals surface area (Å²) in [4.78, 5) is 11.8. The number of H-pyrrole nitrogens is 1. The van der Waals surface area contributed by atoms with E-state index in [1.807, 2.05) is 37.3 Å². The average Bonchev–Trinajstić information content (AvgIpc) is 3.19. The molecule has 7 nitrogen and oxygen atoms in total. The summed E-state index contributed by atoms with van der Waals surface area (Å²) in [6, 6.07) is 21.5. The fraction of sp³-hybridized carbons (Fsp3) is 0.154. The minimum atomic E-state index is -0.385. The molecule has 1 heterocycles. The lowest BCUT2D eigenvalue weighted by Crippen LogP contribution is -2.04. The van der Waals surface area contributed by atoms with Gasteiger partial charge in [-0.05, 0) is 55.8 Å². The van der Waals surface area contributed by atoms with Crippen LogP contribution in [0.1, 0.15) is 28.5 Å². The highest BCUT2D eigenvalue weighted by molar-refractivity contribution is 5.89. The van der Waals surface area contributed by atoms with Crippen LogP contribution >= 0.6 is 0 Å². The first-order chi connectivity index (χ1) is 16.0. The number of aromatic hydroxyl groups is 1. The number of aromatic nitrogens is 2. The van der Waals surface area contributed by atoms with Crippen molar-refractivity contribution in [3.8, 4) is 34.3 Å². The molecule has 1 aromatic heterocycles. The lowest BCUT2D eigenvalue weighted by atomic mass is 10.1. The molecule has 2 N–H and O–H groups in total. The van der Waals surface area contributed by atoms with Crippen LogP contribution in [0.25, 0.3) is 11.3 Å². The lowest BCUT2D eigenvalue weighted by Gasteiger charge is -2.11. The molecule has 0 aliphatic heterocycles. The third-order valence-corrected chi connectivity index (χ3v) is 4.95. The van der Waals surface area contributed by atoms with Crippen molar-refractivity contribution in [2.24, 2.45) is 0 Å². The molecule has 4 aromatic rings. The van der Waals surface area contributed by atoms with E-state index in [9.17, 15) is 9.90 Å². The largest absolute Gasteiger partial charge is 0.507 e. The van der Waals surface area contributed by atoms with Gasteiger partial charge in [-0.1, -0.05) is 30.3 Å². The Bertz CT molecular complexity index is 1230. The van der Waals surface area contributed by atoms with E-state index < -0.39 is 0 Å². The van der Waals surface area contributed by atoms with Crippen molar-refractivity contribution in [1.29, 1.82) is 0 Å². The Morgan fingerprint density at radius 2 is 1.73 bits per heavy atom. The van der Waals surface area contributed by atoms with E-state index in [2.05, 4.69) is 10.2 Å². The highest BCUT2D eigenvalue weighted by Gasteiger charge is 2.19. The van der Waals surface area contributed by atoms with Crippen molar-refractivity contribution < 1.29 is 24.1 Å². The molecule has 168 valence electrons. The molecule has 33 heavy (non-hydrogen) atoms. The van der Waals surface area contributed by atoms with Crippen molar-refractivity contribution >= 4 is 5.97 Å². The summed E-state index contributed by atoms with van der Waals surface area (Å²) < 4.78 is 16.8. The number of rotatable bonds is 8. The number of benzene rings is 3. The quantitative estimate of drug-likeness (QED) is 0.342. The smallest absolute Gasteiger partial charge is 0.338 e. The Morgan fingerprint density at radius 1 is 1.00 bits per heavy atom. The minimum Gasteiger partial charge on any atom is -0.507 e. The van der Waals surface area contributed by atoms with Gasteiger partial charge in [0.1, 0.15) is 29.5 Å². The molecule has 0 atom stereocenters. The Morgan fingerprint density at radius 3 is 2.42 bits per heavy atom. The maximum absolute atomic E-state index is 11.8. The van der Waals surface area contributed by atoms with Crippen LogP contribution in [0, 0.1) is 6.92 Å². The van der Waals surface area contributed by atoms with Crippen LogP contribution < -0.4 is 9.47 Å². The molecule has 0 unspecified atom stereocenters. The van der Waals surface area contributed by atoms with Crippen molar-refractivity contribution in [3.63, 3.8) is 0 Å². The van der Waals surface area contributed by atoms with Gasteiger partial charge in [-0.15, -0.1) is 0 Å². The molecule has 0 saturated carbocycles. The zero-order valence-corrected chi connectivity index (χ0v) is 18.4. The van der Waals surface area contributed by atoms with Crippen LogP contribution in [0.3, 0.4) is 0 Å². The summed E-state index contributed by atoms with van der Waals surface area (Å²) in [6.07, 6.45) is 0. The number of nitrogens with one attached hydrogen (secondary N) is 1. The third kappa shape index (κ3) is 5.15. The van der Waals surface area contributed by atoms with Crippen molar-refractivity contribution in [2.45, 2.75) is 20.5 Å². The van der Waals surface area contributed by atoms with Gasteiger partial charge in [0.05, 0.1) is 17.9 Å². The molecule has 0 aliphatic rings. The molecule has 7 heteroatoms. The van der Waals surface area contributed by atoms with Gasteiger partial charge in [0, 0.05) is 11.6 Å². The zero-order valence-electron chi connectivity index (χ0n) is 18.4. The number of hydrogen-bond acceptors (Lipinski definition) is 6. The first-order valence-corrected chi connectivity index (χ1v) is 10.5. The minimum absolute atomic E-state index is 0.0228. The number of phenolic OH excluding ortho intramolecular Hbond substituents is 1. The van der Waals surface area contributed by atoms with E-state index in [0.29, 0.717) is 53.0 Å². The predicted octanol–water partition coefficient (Wildman–Crippen LogP) is 5.64. The van der Waals surface area contributed by atoms with Gasteiger partial charge >= 0.3 is 5.97 Å². The maximum Gasteiger partial charge on any atom is 0.338 e. The number of nitrogens with zero attached hydrogens (tertiary/aromatic N) is 1. The topological polar surface area (TPSA) is 93.7 Å². The number of hydrogen-bond donors (Lipinski definition) is 2. The molecule has 0 spiro atoms. The van der Waals surface area contributed by atoms with Crippen molar-refractivity contribution in [1.82, 2.24) is 10.2 Å². The highest BCUT2D eigenvalue weighted by Crippen LogP contribution is 2.39. The number of aryl methyl sites for hydroxylation is 1. The summed E-state index contributed by atoms with van der Waals surface area (Å²) in [7, 11) is 0. The predicted molar refractivity (Wildman–Crippen MR) is 124 cm³/mol. The molecule has 0 saturated heterocycles. The zero-order chi connectivity index (χ0) is 23.2. The van der Waals surface area contributed by atoms with Crippen LogP contribution in [-0.2, 0) is 11.3 Å². The molecule has 0 amide bonds. The highest BCUT2D eigenvalue weighted by atomic mass is 16.5. The number of esters is 1. The molecule has 4 rings (SSSR count). The normalized spacial score (nSPS) is 10.6. The summed E-state index contributed by atoms with van der Waals surface area (Å²) in [5.41, 5.74) is 3.15. The standard InChI is InChI=1S/C26H24N2O5/c1-3-31-26(30)19-9-11-20(12-10-19)33-25-17(2)27-28-24(25)22-14-13-21(15-23(22)29)32-16-18-7-5-4-6-8-18/h4-15,29H,3,16H2,1-2H3,(H,27,28). The second kappa shape index (κ2) is 9.91. The SMILES string of the molecule is CCOC(=O)c1ccc(Oc2c(-c3ccc(OCc4ccccc4)cc3O)n[nH]c2C)cc1. The number of ether oxygens (including phenoxy) is 3. The van der Waals surface area contributed by atoms with Crippen LogP contribution in [0.15, 0.2) is 72.8 Å². The van der Waals surface area contributed by atoms with E-state index in [1.165, 1.54) is 0 Å². The second-order valence-corrected chi connectivity index (χ2v) is 7.33. The fourth-order valence-electron chi connectivity index (χ4n) is 3.26. The number of carbonyl (C=O) groups is 1. The van der Waals surface area contributed by atoms with Gasteiger partial charge in [0.15, 0.2) is 5.75 Å². The average molecular weight is 444 g/mol. The van der Waals surface area contributed by atoms with E-state index in [4.69, 9.17) is 14.2 Å². The van der Waals surface area contributed by atoms with E-state index in [0.717, 1.165) is 5.56 Å². The van der Waals surface area contributed by atoms with Crippen LogP contribution in [0.2, 0.25) is 0 Å². The van der Waals surface area contributed by atoms with Crippen LogP contribution in [-0.4, -0.2) is 27.9 Å². The Balaban J connectivity index is 1.52.